The molecule has 0 aliphatic heterocycles. The first kappa shape index (κ1) is 24.7. The third kappa shape index (κ3) is 7.00. The molecule has 33 heavy (non-hydrogen) atoms. The highest BCUT2D eigenvalue weighted by Gasteiger charge is 2.32. The number of thiophene rings is 1. The van der Waals surface area contributed by atoms with Crippen molar-refractivity contribution in [3.05, 3.63) is 64.1 Å². The van der Waals surface area contributed by atoms with Gasteiger partial charge in [-0.15, -0.1) is 11.3 Å². The van der Waals surface area contributed by atoms with Gasteiger partial charge in [0.2, 0.25) is 0 Å². The van der Waals surface area contributed by atoms with Crippen LogP contribution in [-0.4, -0.2) is 35.3 Å². The number of carbonyl (C=O) groups is 1. The van der Waals surface area contributed by atoms with E-state index in [-0.39, 0.29) is 12.4 Å². The number of alkyl halides is 3. The van der Waals surface area contributed by atoms with Crippen molar-refractivity contribution in [2.75, 3.05) is 13.2 Å². The zero-order valence-corrected chi connectivity index (χ0v) is 18.9. The number of carbonyl (C=O) groups excluding carboxylic acids is 1. The van der Waals surface area contributed by atoms with Crippen molar-refractivity contribution in [3.63, 3.8) is 0 Å². The lowest BCUT2D eigenvalue weighted by atomic mass is 10.1. The maximum Gasteiger partial charge on any atom is 0.433 e. The van der Waals surface area contributed by atoms with E-state index in [9.17, 15) is 18.0 Å². The molecule has 0 radical (unpaired) electrons. The quantitative estimate of drug-likeness (QED) is 0.366. The van der Waals surface area contributed by atoms with Gasteiger partial charge >= 0.3 is 12.1 Å². The molecule has 6 nitrogen and oxygen atoms in total. The summed E-state index contributed by atoms with van der Waals surface area (Å²) in [5.74, 6) is 0.244. The second kappa shape index (κ2) is 11.2. The van der Waals surface area contributed by atoms with Crippen molar-refractivity contribution in [2.24, 2.45) is 0 Å². The Hall–Kier alpha value is -2.98. The van der Waals surface area contributed by atoms with Gasteiger partial charge < -0.3 is 14.2 Å². The highest BCUT2D eigenvalue weighted by molar-refractivity contribution is 7.10. The molecule has 0 amide bonds. The largest absolute Gasteiger partial charge is 0.488 e. The molecular weight excluding hydrogens is 457 g/mol. The topological polar surface area (TPSA) is 70.5 Å². The van der Waals surface area contributed by atoms with Crippen LogP contribution in [0.5, 0.6) is 5.75 Å². The van der Waals surface area contributed by atoms with E-state index in [2.05, 4.69) is 9.97 Å². The maximum atomic E-state index is 12.9. The Labute approximate surface area is 193 Å². The first-order chi connectivity index (χ1) is 15.8. The van der Waals surface area contributed by atoms with Crippen molar-refractivity contribution in [1.82, 2.24) is 9.97 Å². The molecule has 1 atom stereocenters. The van der Waals surface area contributed by atoms with Crippen molar-refractivity contribution >= 4 is 17.3 Å². The standard InChI is InChI=1S/C23H23F3N2O4S/c1-3-30-19(22(29)31-4-2)11-15-5-7-17(8-6-15)32-13-18-12-16(14-33-18)21-27-10-9-20(28-21)23(24,25)26/h5-10,12,14,19H,3-4,11,13H2,1-2H3. The molecule has 3 rings (SSSR count). The monoisotopic (exact) mass is 480 g/mol. The highest BCUT2D eigenvalue weighted by Crippen LogP contribution is 2.30. The summed E-state index contributed by atoms with van der Waals surface area (Å²) in [5, 5.41) is 1.69. The zero-order valence-electron chi connectivity index (χ0n) is 18.1. The number of hydrogen-bond donors (Lipinski definition) is 0. The lowest BCUT2D eigenvalue weighted by Gasteiger charge is -2.15. The Morgan fingerprint density at radius 3 is 2.55 bits per heavy atom. The molecule has 0 spiro atoms. The fourth-order valence-electron chi connectivity index (χ4n) is 2.97. The molecule has 0 fully saturated rings. The molecule has 10 heteroatoms. The van der Waals surface area contributed by atoms with Gasteiger partial charge in [-0.05, 0) is 43.7 Å². The van der Waals surface area contributed by atoms with Gasteiger partial charge in [0.05, 0.1) is 6.61 Å². The maximum absolute atomic E-state index is 12.9. The summed E-state index contributed by atoms with van der Waals surface area (Å²) in [7, 11) is 0. The number of ether oxygens (including phenoxy) is 3. The number of benzene rings is 1. The SMILES string of the molecule is CCOC(=O)C(Cc1ccc(OCc2cc(-c3nccc(C(F)(F)F)n3)cs2)cc1)OCC. The number of hydrogen-bond acceptors (Lipinski definition) is 7. The molecule has 176 valence electrons. The van der Waals surface area contributed by atoms with Gasteiger partial charge in [0.15, 0.2) is 11.9 Å². The predicted molar refractivity (Wildman–Crippen MR) is 117 cm³/mol. The van der Waals surface area contributed by atoms with Crippen LogP contribution in [0.2, 0.25) is 0 Å². The minimum atomic E-state index is -4.52. The molecule has 0 aliphatic carbocycles. The minimum Gasteiger partial charge on any atom is -0.488 e. The summed E-state index contributed by atoms with van der Waals surface area (Å²) in [6.07, 6.45) is -3.70. The number of aromatic nitrogens is 2. The molecular formula is C23H23F3N2O4S. The second-order valence-corrected chi connectivity index (χ2v) is 7.89. The number of esters is 1. The van der Waals surface area contributed by atoms with E-state index < -0.39 is 23.9 Å². The van der Waals surface area contributed by atoms with E-state index in [1.807, 2.05) is 19.1 Å². The molecule has 2 aromatic heterocycles. The summed E-state index contributed by atoms with van der Waals surface area (Å²) >= 11 is 1.35. The van der Waals surface area contributed by atoms with Crippen LogP contribution in [0.1, 0.15) is 30.0 Å². The molecule has 0 N–H and O–H groups in total. The Kier molecular flexibility index (Phi) is 8.40. The van der Waals surface area contributed by atoms with E-state index in [1.165, 1.54) is 11.3 Å². The van der Waals surface area contributed by atoms with Crippen LogP contribution in [0.3, 0.4) is 0 Å². The lowest BCUT2D eigenvalue weighted by molar-refractivity contribution is -0.156. The third-order valence-corrected chi connectivity index (χ3v) is 5.41. The summed E-state index contributed by atoms with van der Waals surface area (Å²) in [4.78, 5) is 20.4. The average Bonchev–Trinajstić information content (AvgIpc) is 3.27. The van der Waals surface area contributed by atoms with Crippen molar-refractivity contribution in [2.45, 2.75) is 39.2 Å². The second-order valence-electron chi connectivity index (χ2n) is 6.90. The summed E-state index contributed by atoms with van der Waals surface area (Å²) in [5.41, 5.74) is 0.418. The van der Waals surface area contributed by atoms with E-state index in [0.717, 1.165) is 22.7 Å². The fourth-order valence-corrected chi connectivity index (χ4v) is 3.74. The van der Waals surface area contributed by atoms with E-state index in [1.54, 1.807) is 30.5 Å². The highest BCUT2D eigenvalue weighted by atomic mass is 32.1. The lowest BCUT2D eigenvalue weighted by Crippen LogP contribution is -2.28. The third-order valence-electron chi connectivity index (χ3n) is 4.50. The van der Waals surface area contributed by atoms with Gasteiger partial charge in [0, 0.05) is 35.0 Å². The molecule has 1 aromatic carbocycles. The molecule has 3 aromatic rings. The van der Waals surface area contributed by atoms with Crippen LogP contribution < -0.4 is 4.74 Å². The Morgan fingerprint density at radius 2 is 1.88 bits per heavy atom. The average molecular weight is 481 g/mol. The van der Waals surface area contributed by atoms with Gasteiger partial charge in [0.1, 0.15) is 18.1 Å². The van der Waals surface area contributed by atoms with Gasteiger partial charge in [-0.3, -0.25) is 0 Å². The first-order valence-corrected chi connectivity index (χ1v) is 11.2. The van der Waals surface area contributed by atoms with Crippen LogP contribution in [0.25, 0.3) is 11.4 Å². The predicted octanol–water partition coefficient (Wildman–Crippen LogP) is 5.31. The van der Waals surface area contributed by atoms with Gasteiger partial charge in [-0.2, -0.15) is 13.2 Å². The van der Waals surface area contributed by atoms with Gasteiger partial charge in [-0.25, -0.2) is 14.8 Å². The Bertz CT molecular complexity index is 1050. The van der Waals surface area contributed by atoms with Crippen molar-refractivity contribution in [1.29, 1.82) is 0 Å². The van der Waals surface area contributed by atoms with Gasteiger partial charge in [0.25, 0.3) is 0 Å². The zero-order chi connectivity index (χ0) is 23.8. The molecule has 0 saturated carbocycles. The summed E-state index contributed by atoms with van der Waals surface area (Å²) < 4.78 is 54.9. The smallest absolute Gasteiger partial charge is 0.433 e. The first-order valence-electron chi connectivity index (χ1n) is 10.3. The minimum absolute atomic E-state index is 0.0159. The van der Waals surface area contributed by atoms with Crippen molar-refractivity contribution < 1.29 is 32.2 Å². The van der Waals surface area contributed by atoms with Crippen LogP contribution >= 0.6 is 11.3 Å². The Balaban J connectivity index is 1.59. The fraction of sp³-hybridized carbons (Fsp3) is 0.348. The molecule has 0 saturated heterocycles. The van der Waals surface area contributed by atoms with E-state index in [0.29, 0.717) is 30.9 Å². The molecule has 0 aliphatic rings. The van der Waals surface area contributed by atoms with Gasteiger partial charge in [-0.1, -0.05) is 12.1 Å². The van der Waals surface area contributed by atoms with E-state index >= 15 is 0 Å². The normalized spacial score (nSPS) is 12.4. The van der Waals surface area contributed by atoms with Crippen LogP contribution in [0.4, 0.5) is 13.2 Å². The van der Waals surface area contributed by atoms with Crippen LogP contribution in [0, 0.1) is 0 Å². The van der Waals surface area contributed by atoms with Crippen LogP contribution in [-0.2, 0) is 33.5 Å². The van der Waals surface area contributed by atoms with Crippen molar-refractivity contribution in [3.8, 4) is 17.1 Å². The van der Waals surface area contributed by atoms with E-state index in [4.69, 9.17) is 14.2 Å². The molecule has 1 unspecified atom stereocenters. The Morgan fingerprint density at radius 1 is 1.12 bits per heavy atom. The molecule has 2 heterocycles. The molecule has 0 bridgehead atoms. The number of halogens is 3. The number of rotatable bonds is 10. The summed E-state index contributed by atoms with van der Waals surface area (Å²) in [6.45, 7) is 4.50. The summed E-state index contributed by atoms with van der Waals surface area (Å²) in [6, 6.07) is 9.81. The number of nitrogens with zero attached hydrogens (tertiary/aromatic N) is 2. The van der Waals surface area contributed by atoms with Crippen LogP contribution in [0.15, 0.2) is 48.0 Å².